The van der Waals surface area contributed by atoms with Crippen LogP contribution in [0, 0.1) is 0 Å². The number of nitrogens with zero attached hydrogens (tertiary/aromatic N) is 2. The number of nitrogens with one attached hydrogen (secondary N) is 2. The van der Waals surface area contributed by atoms with Gasteiger partial charge in [-0.3, -0.25) is 9.89 Å². The zero-order valence-electron chi connectivity index (χ0n) is 11.6. The van der Waals surface area contributed by atoms with Crippen molar-refractivity contribution < 1.29 is 4.79 Å². The third kappa shape index (κ3) is 3.79. The van der Waals surface area contributed by atoms with Gasteiger partial charge in [0.05, 0.1) is 21.1 Å². The quantitative estimate of drug-likeness (QED) is 0.537. The zero-order chi connectivity index (χ0) is 16.2. The first-order valence-electron chi connectivity index (χ1n) is 6.52. The molecule has 0 aliphatic carbocycles. The fraction of sp³-hybridized carbons (Fsp3) is 0. The molecule has 0 fully saturated rings. The molecule has 23 heavy (non-hydrogen) atoms. The first kappa shape index (κ1) is 15.7. The number of rotatable bonds is 4. The van der Waals surface area contributed by atoms with Crippen molar-refractivity contribution in [1.82, 2.24) is 15.6 Å². The second kappa shape index (κ2) is 6.95. The maximum Gasteiger partial charge on any atom is 0.291 e. The number of amides is 1. The molecule has 116 valence electrons. The molecule has 0 unspecified atom stereocenters. The first-order valence-corrected chi connectivity index (χ1v) is 8.10. The lowest BCUT2D eigenvalue weighted by atomic mass is 10.2. The van der Waals surface area contributed by atoms with Gasteiger partial charge in [0.15, 0.2) is 5.69 Å². The number of aromatic amines is 1. The van der Waals surface area contributed by atoms with Gasteiger partial charge < -0.3 is 0 Å². The van der Waals surface area contributed by atoms with E-state index < -0.39 is 5.91 Å². The van der Waals surface area contributed by atoms with E-state index in [0.717, 1.165) is 10.6 Å². The van der Waals surface area contributed by atoms with Crippen LogP contribution in [0.5, 0.6) is 0 Å². The molecule has 2 N–H and O–H groups in total. The van der Waals surface area contributed by atoms with Gasteiger partial charge in [0, 0.05) is 10.6 Å². The second-order valence-electron chi connectivity index (χ2n) is 4.49. The minimum atomic E-state index is -0.418. The van der Waals surface area contributed by atoms with E-state index in [-0.39, 0.29) is 5.69 Å². The van der Waals surface area contributed by atoms with Gasteiger partial charge in [0.25, 0.3) is 5.91 Å². The topological polar surface area (TPSA) is 70.1 Å². The number of halogens is 2. The van der Waals surface area contributed by atoms with Crippen LogP contribution < -0.4 is 5.43 Å². The number of carbonyl (C=O) groups excluding carboxylic acids is 1. The van der Waals surface area contributed by atoms with Crippen LogP contribution in [0.2, 0.25) is 9.36 Å². The largest absolute Gasteiger partial charge is 0.291 e. The minimum Gasteiger partial charge on any atom is -0.276 e. The second-order valence-corrected chi connectivity index (χ2v) is 6.61. The number of H-pyrrole nitrogens is 1. The maximum atomic E-state index is 12.0. The average Bonchev–Trinajstić information content (AvgIpc) is 3.18. The van der Waals surface area contributed by atoms with Gasteiger partial charge in [-0.15, -0.1) is 11.3 Å². The number of hydrogen-bond acceptors (Lipinski definition) is 4. The molecule has 3 aromatic rings. The van der Waals surface area contributed by atoms with Crippen molar-refractivity contribution in [3.8, 4) is 10.6 Å². The van der Waals surface area contributed by atoms with E-state index in [1.807, 2.05) is 18.2 Å². The van der Waals surface area contributed by atoms with E-state index in [1.54, 1.807) is 24.3 Å². The summed E-state index contributed by atoms with van der Waals surface area (Å²) in [4.78, 5) is 12.9. The molecule has 0 bridgehead atoms. The van der Waals surface area contributed by atoms with Crippen LogP contribution in [0.4, 0.5) is 0 Å². The number of carbonyl (C=O) groups is 1. The van der Waals surface area contributed by atoms with Gasteiger partial charge in [-0.05, 0) is 24.3 Å². The Hall–Kier alpha value is -2.15. The maximum absolute atomic E-state index is 12.0. The van der Waals surface area contributed by atoms with Crippen LogP contribution in [0.3, 0.4) is 0 Å². The Labute approximate surface area is 145 Å². The van der Waals surface area contributed by atoms with Crippen LogP contribution in [-0.2, 0) is 0 Å². The van der Waals surface area contributed by atoms with Gasteiger partial charge in [-0.25, -0.2) is 5.43 Å². The monoisotopic (exact) mass is 364 g/mol. The summed E-state index contributed by atoms with van der Waals surface area (Å²) < 4.78 is 0.671. The highest BCUT2D eigenvalue weighted by Gasteiger charge is 2.12. The Morgan fingerprint density at radius 3 is 2.83 bits per heavy atom. The van der Waals surface area contributed by atoms with E-state index in [0.29, 0.717) is 14.9 Å². The predicted molar refractivity (Wildman–Crippen MR) is 93.4 cm³/mol. The highest BCUT2D eigenvalue weighted by atomic mass is 35.5. The molecule has 3 rings (SSSR count). The van der Waals surface area contributed by atoms with E-state index in [9.17, 15) is 4.79 Å². The lowest BCUT2D eigenvalue weighted by Gasteiger charge is -1.97. The molecular formula is C15H10Cl2N4OS. The van der Waals surface area contributed by atoms with E-state index >= 15 is 0 Å². The number of hydrazone groups is 1. The van der Waals surface area contributed by atoms with Crippen molar-refractivity contribution in [2.24, 2.45) is 5.10 Å². The predicted octanol–water partition coefficient (Wildman–Crippen LogP) is 4.21. The Morgan fingerprint density at radius 2 is 2.09 bits per heavy atom. The Balaban J connectivity index is 1.67. The summed E-state index contributed by atoms with van der Waals surface area (Å²) in [6, 6.07) is 12.5. The molecule has 0 saturated carbocycles. The van der Waals surface area contributed by atoms with Crippen LogP contribution >= 0.6 is 34.5 Å². The van der Waals surface area contributed by atoms with E-state index in [2.05, 4.69) is 20.7 Å². The molecule has 2 heterocycles. The van der Waals surface area contributed by atoms with Crippen molar-refractivity contribution in [2.75, 3.05) is 0 Å². The third-order valence-corrected chi connectivity index (χ3v) is 4.53. The lowest BCUT2D eigenvalue weighted by Crippen LogP contribution is -2.18. The van der Waals surface area contributed by atoms with Crippen molar-refractivity contribution in [3.05, 3.63) is 63.1 Å². The van der Waals surface area contributed by atoms with E-state index in [1.165, 1.54) is 17.6 Å². The fourth-order valence-electron chi connectivity index (χ4n) is 1.82. The van der Waals surface area contributed by atoms with Gasteiger partial charge >= 0.3 is 0 Å². The Morgan fingerprint density at radius 1 is 1.26 bits per heavy atom. The normalized spacial score (nSPS) is 11.0. The fourth-order valence-corrected chi connectivity index (χ4v) is 3.01. The first-order chi connectivity index (χ1) is 11.1. The molecule has 8 heteroatoms. The molecule has 5 nitrogen and oxygen atoms in total. The van der Waals surface area contributed by atoms with Crippen molar-refractivity contribution in [2.45, 2.75) is 0 Å². The summed E-state index contributed by atoms with van der Waals surface area (Å²) in [6.45, 7) is 0. The summed E-state index contributed by atoms with van der Waals surface area (Å²) in [5, 5.41) is 11.2. The highest BCUT2D eigenvalue weighted by Crippen LogP contribution is 2.29. The van der Waals surface area contributed by atoms with Crippen molar-refractivity contribution >= 4 is 46.7 Å². The van der Waals surface area contributed by atoms with Gasteiger partial charge in [-0.1, -0.05) is 41.4 Å². The number of aromatic nitrogens is 2. The van der Waals surface area contributed by atoms with Crippen molar-refractivity contribution in [3.63, 3.8) is 0 Å². The summed E-state index contributed by atoms with van der Waals surface area (Å²) >= 11 is 13.3. The number of thiophene rings is 1. The molecule has 2 aromatic heterocycles. The third-order valence-electron chi connectivity index (χ3n) is 2.92. The van der Waals surface area contributed by atoms with Gasteiger partial charge in [0.1, 0.15) is 0 Å². The van der Waals surface area contributed by atoms with E-state index in [4.69, 9.17) is 23.2 Å². The van der Waals surface area contributed by atoms with Crippen LogP contribution in [0.15, 0.2) is 47.6 Å². The molecule has 1 amide bonds. The van der Waals surface area contributed by atoms with Crippen LogP contribution in [0.1, 0.15) is 16.1 Å². The van der Waals surface area contributed by atoms with Crippen LogP contribution in [-0.4, -0.2) is 22.3 Å². The highest BCUT2D eigenvalue weighted by molar-refractivity contribution is 7.19. The molecule has 0 aliphatic rings. The molecule has 0 atom stereocenters. The smallest absolute Gasteiger partial charge is 0.276 e. The number of benzene rings is 1. The van der Waals surface area contributed by atoms with Crippen molar-refractivity contribution in [1.29, 1.82) is 0 Å². The summed E-state index contributed by atoms with van der Waals surface area (Å²) in [5.41, 5.74) is 4.09. The SMILES string of the molecule is O=C(N/N=C\c1ccccc1Cl)c1cc(-c2ccc(Cl)s2)[nH]n1. The summed E-state index contributed by atoms with van der Waals surface area (Å²) in [7, 11) is 0. The molecule has 0 radical (unpaired) electrons. The molecular weight excluding hydrogens is 355 g/mol. The van der Waals surface area contributed by atoms with Crippen LogP contribution in [0.25, 0.3) is 10.6 Å². The van der Waals surface area contributed by atoms with Gasteiger partial charge in [-0.2, -0.15) is 10.2 Å². The number of hydrogen-bond donors (Lipinski definition) is 2. The summed E-state index contributed by atoms with van der Waals surface area (Å²) in [6.07, 6.45) is 1.48. The summed E-state index contributed by atoms with van der Waals surface area (Å²) in [5.74, 6) is -0.418. The molecule has 1 aromatic carbocycles. The Bertz CT molecular complexity index is 872. The lowest BCUT2D eigenvalue weighted by molar-refractivity contribution is 0.0950. The standard InChI is InChI=1S/C15H10Cl2N4OS/c16-10-4-2-1-3-9(10)8-18-21-15(22)12-7-11(19-20-12)13-5-6-14(17)23-13/h1-8H,(H,19,20)(H,21,22)/b18-8-. The molecule has 0 saturated heterocycles. The average molecular weight is 365 g/mol. The zero-order valence-corrected chi connectivity index (χ0v) is 13.9. The Kier molecular flexibility index (Phi) is 4.76. The van der Waals surface area contributed by atoms with Gasteiger partial charge in [0.2, 0.25) is 0 Å². The minimum absolute atomic E-state index is 0.237. The molecule has 0 spiro atoms. The molecule has 0 aliphatic heterocycles.